The van der Waals surface area contributed by atoms with E-state index in [0.29, 0.717) is 0 Å². The third kappa shape index (κ3) is 2.97. The van der Waals surface area contributed by atoms with Gasteiger partial charge in [-0.25, -0.2) is 12.6 Å². The van der Waals surface area contributed by atoms with Gasteiger partial charge in [-0.1, -0.05) is 0 Å². The summed E-state index contributed by atoms with van der Waals surface area (Å²) in [6.07, 6.45) is -1.92. The van der Waals surface area contributed by atoms with E-state index in [2.05, 4.69) is 12.5 Å². The van der Waals surface area contributed by atoms with Gasteiger partial charge in [0.05, 0.1) is 13.2 Å². The monoisotopic (exact) mass is 232 g/mol. The molecule has 0 aromatic heterocycles. The lowest BCUT2D eigenvalue weighted by Gasteiger charge is -2.13. The molecule has 1 aliphatic rings. The fraction of sp³-hybridized carbons (Fsp3) is 1.00. The molecule has 2 unspecified atom stereocenters. The Morgan fingerprint density at radius 3 is 2.77 bits per heavy atom. The van der Waals surface area contributed by atoms with Crippen molar-refractivity contribution in [1.82, 2.24) is 0 Å². The predicted octanol–water partition coefficient (Wildman–Crippen LogP) is -2.12. The Morgan fingerprint density at radius 2 is 2.38 bits per heavy atom. The number of thiol groups is 1. The van der Waals surface area contributed by atoms with Gasteiger partial charge in [-0.15, -0.1) is 0 Å². The maximum atomic E-state index is 10.6. The Kier molecular flexibility index (Phi) is 3.76. The van der Waals surface area contributed by atoms with Gasteiger partial charge in [0, 0.05) is 0 Å². The topological polar surface area (TPSA) is 99.1 Å². The summed E-state index contributed by atoms with van der Waals surface area (Å²) in [5.41, 5.74) is 0. The largest absolute Gasteiger partial charge is 0.400 e. The van der Waals surface area contributed by atoms with Crippen LogP contribution >= 0.6 is 0 Å². The highest BCUT2D eigenvalue weighted by atomic mass is 32.3. The molecule has 7 nitrogen and oxygen atoms in total. The second-order valence-corrected chi connectivity index (χ2v) is 3.83. The molecule has 1 saturated heterocycles. The van der Waals surface area contributed by atoms with Crippen molar-refractivity contribution in [3.8, 4) is 0 Å². The SMILES string of the molecule is O=[SH]OC(CO)C1COS(=O)(=O)O1. The molecule has 0 spiro atoms. The highest BCUT2D eigenvalue weighted by Gasteiger charge is 2.36. The van der Waals surface area contributed by atoms with Crippen LogP contribution in [0, 0.1) is 0 Å². The van der Waals surface area contributed by atoms with E-state index in [1.165, 1.54) is 0 Å². The van der Waals surface area contributed by atoms with E-state index >= 15 is 0 Å². The number of hydrogen-bond acceptors (Lipinski definition) is 7. The molecule has 9 heteroatoms. The minimum atomic E-state index is -3.97. The van der Waals surface area contributed by atoms with Crippen molar-refractivity contribution >= 4 is 22.3 Å². The molecule has 1 N–H and O–H groups in total. The zero-order chi connectivity index (χ0) is 9.90. The van der Waals surface area contributed by atoms with Crippen molar-refractivity contribution in [2.75, 3.05) is 13.2 Å². The van der Waals surface area contributed by atoms with Gasteiger partial charge in [-0.3, -0.25) is 4.18 Å². The van der Waals surface area contributed by atoms with Gasteiger partial charge in [0.25, 0.3) is 0 Å². The maximum Gasteiger partial charge on any atom is 0.400 e. The molecule has 0 aliphatic carbocycles. The summed E-state index contributed by atoms with van der Waals surface area (Å²) in [7, 11) is -3.97. The highest BCUT2D eigenvalue weighted by Crippen LogP contribution is 2.17. The van der Waals surface area contributed by atoms with Crippen molar-refractivity contribution < 1.29 is 30.3 Å². The molecule has 1 fully saturated rings. The lowest BCUT2D eigenvalue weighted by Crippen LogP contribution is -2.33. The van der Waals surface area contributed by atoms with E-state index in [1.54, 1.807) is 0 Å². The number of rotatable bonds is 4. The van der Waals surface area contributed by atoms with Crippen molar-refractivity contribution in [3.63, 3.8) is 0 Å². The molecular weight excluding hydrogens is 224 g/mol. The van der Waals surface area contributed by atoms with Crippen molar-refractivity contribution in [1.29, 1.82) is 0 Å². The molecule has 0 bridgehead atoms. The Balaban J connectivity index is 2.57. The molecule has 0 amide bonds. The van der Waals surface area contributed by atoms with Gasteiger partial charge in [-0.05, 0) is 0 Å². The summed E-state index contributed by atoms with van der Waals surface area (Å²) in [4.78, 5) is 0. The van der Waals surface area contributed by atoms with Crippen molar-refractivity contribution in [2.24, 2.45) is 0 Å². The first kappa shape index (κ1) is 11.0. The van der Waals surface area contributed by atoms with Crippen LogP contribution in [0.4, 0.5) is 0 Å². The van der Waals surface area contributed by atoms with Crippen LogP contribution < -0.4 is 0 Å². The summed E-state index contributed by atoms with van der Waals surface area (Å²) < 4.78 is 44.3. The van der Waals surface area contributed by atoms with Gasteiger partial charge in [0.15, 0.2) is 0 Å². The first-order chi connectivity index (χ1) is 6.09. The van der Waals surface area contributed by atoms with E-state index in [-0.39, 0.29) is 6.61 Å². The molecule has 0 aromatic carbocycles. The van der Waals surface area contributed by atoms with Gasteiger partial charge < -0.3 is 5.11 Å². The van der Waals surface area contributed by atoms with Crippen LogP contribution in [0.15, 0.2) is 0 Å². The minimum Gasteiger partial charge on any atom is -0.394 e. The Morgan fingerprint density at radius 1 is 1.69 bits per heavy atom. The first-order valence-electron chi connectivity index (χ1n) is 3.26. The smallest absolute Gasteiger partial charge is 0.394 e. The highest BCUT2D eigenvalue weighted by molar-refractivity contribution is 7.82. The average molecular weight is 232 g/mol. The molecule has 0 saturated carbocycles. The zero-order valence-electron chi connectivity index (χ0n) is 6.32. The molecule has 13 heavy (non-hydrogen) atoms. The Hall–Kier alpha value is -0.0600. The fourth-order valence-electron chi connectivity index (χ4n) is 0.801. The summed E-state index contributed by atoms with van der Waals surface area (Å²) in [5, 5.41) is 8.69. The van der Waals surface area contributed by atoms with E-state index in [1.807, 2.05) is 0 Å². The summed E-state index contributed by atoms with van der Waals surface area (Å²) >= 11 is -0.653. The van der Waals surface area contributed by atoms with Crippen LogP contribution in [0.25, 0.3) is 0 Å². The standard InChI is InChI=1S/C4H8O7S2/c5-1-3(10-12-6)4-2-9-13(7,8)11-4/h3-5,12H,1-2H2. The van der Waals surface area contributed by atoms with Crippen LogP contribution in [0.5, 0.6) is 0 Å². The lowest BCUT2D eigenvalue weighted by atomic mass is 10.2. The lowest BCUT2D eigenvalue weighted by molar-refractivity contribution is 0.0375. The Labute approximate surface area is 78.6 Å². The molecule has 1 heterocycles. The third-order valence-electron chi connectivity index (χ3n) is 1.39. The minimum absolute atomic E-state index is 0.247. The number of aliphatic hydroxyl groups excluding tert-OH is 1. The Bertz CT molecular complexity index is 272. The maximum absolute atomic E-state index is 10.6. The molecule has 1 rings (SSSR count). The molecule has 0 aromatic rings. The molecular formula is C4H8O7S2. The molecule has 2 atom stereocenters. The molecule has 0 radical (unpaired) electrons. The van der Waals surface area contributed by atoms with Gasteiger partial charge >= 0.3 is 10.4 Å². The van der Waals surface area contributed by atoms with Crippen molar-refractivity contribution in [3.05, 3.63) is 0 Å². The number of hydrogen-bond donors (Lipinski definition) is 2. The van der Waals surface area contributed by atoms with E-state index in [0.717, 1.165) is 0 Å². The van der Waals surface area contributed by atoms with Crippen LogP contribution in [0.3, 0.4) is 0 Å². The third-order valence-corrected chi connectivity index (χ3v) is 2.66. The fourth-order valence-corrected chi connectivity index (χ4v) is 1.95. The van der Waals surface area contributed by atoms with Crippen LogP contribution in [-0.4, -0.2) is 43.2 Å². The molecule has 78 valence electrons. The quantitative estimate of drug-likeness (QED) is 0.535. The average Bonchev–Trinajstić information content (AvgIpc) is 2.42. The second kappa shape index (κ2) is 4.44. The normalized spacial score (nSPS) is 28.8. The summed E-state index contributed by atoms with van der Waals surface area (Å²) in [5.74, 6) is 0. The van der Waals surface area contributed by atoms with Crippen LogP contribution in [0.1, 0.15) is 0 Å². The van der Waals surface area contributed by atoms with E-state index in [4.69, 9.17) is 5.11 Å². The van der Waals surface area contributed by atoms with Gasteiger partial charge in [0.1, 0.15) is 24.2 Å². The second-order valence-electron chi connectivity index (χ2n) is 2.23. The number of aliphatic hydroxyl groups is 1. The van der Waals surface area contributed by atoms with Gasteiger partial charge in [-0.2, -0.15) is 8.42 Å². The molecule has 1 aliphatic heterocycles. The summed E-state index contributed by atoms with van der Waals surface area (Å²) in [6.45, 7) is -0.748. The van der Waals surface area contributed by atoms with E-state index in [9.17, 15) is 12.6 Å². The first-order valence-corrected chi connectivity index (χ1v) is 5.32. The van der Waals surface area contributed by atoms with E-state index < -0.39 is 41.2 Å². The predicted molar refractivity (Wildman–Crippen MR) is 41.2 cm³/mol. The van der Waals surface area contributed by atoms with Crippen LogP contribution in [-0.2, 0) is 34.9 Å². The summed E-state index contributed by atoms with van der Waals surface area (Å²) in [6, 6.07) is 0. The van der Waals surface area contributed by atoms with Crippen LogP contribution in [0.2, 0.25) is 0 Å². The zero-order valence-corrected chi connectivity index (χ0v) is 8.03. The van der Waals surface area contributed by atoms with Crippen molar-refractivity contribution in [2.45, 2.75) is 12.2 Å². The van der Waals surface area contributed by atoms with Gasteiger partial charge in [0.2, 0.25) is 0 Å².